The number of hydrogen-bond donors (Lipinski definition) is 0. The SMILES string of the molecule is Cc1ccc(S(=O)(=O)n2ccc3c(-c4nc(-c5c(C)nn(CS(C)(=O)=O)c5C)cc(N5CCOC[C@H]5C)n4)ccnc32)cc1. The van der Waals surface area contributed by atoms with Gasteiger partial charge >= 0.3 is 0 Å². The van der Waals surface area contributed by atoms with Crippen molar-refractivity contribution in [1.82, 2.24) is 28.7 Å². The van der Waals surface area contributed by atoms with Crippen molar-refractivity contribution >= 4 is 36.7 Å². The third-order valence-electron chi connectivity index (χ3n) is 7.74. The second-order valence-electron chi connectivity index (χ2n) is 11.2. The Morgan fingerprint density at radius 2 is 1.75 bits per heavy atom. The van der Waals surface area contributed by atoms with Gasteiger partial charge < -0.3 is 9.64 Å². The number of anilines is 1. The molecule has 0 saturated carbocycles. The lowest BCUT2D eigenvalue weighted by Crippen LogP contribution is -2.44. The Hall–Kier alpha value is -4.14. The minimum Gasteiger partial charge on any atom is -0.377 e. The molecule has 1 saturated heterocycles. The van der Waals surface area contributed by atoms with Gasteiger partial charge in [0.25, 0.3) is 10.0 Å². The van der Waals surface area contributed by atoms with Crippen molar-refractivity contribution in [3.8, 4) is 22.6 Å². The summed E-state index contributed by atoms with van der Waals surface area (Å²) < 4.78 is 59.7. The molecule has 0 aliphatic carbocycles. The minimum absolute atomic E-state index is 0.0488. The molecule has 1 aromatic carbocycles. The Morgan fingerprint density at radius 1 is 1.00 bits per heavy atom. The van der Waals surface area contributed by atoms with Crippen LogP contribution in [-0.2, 0) is 30.5 Å². The van der Waals surface area contributed by atoms with Crippen LogP contribution in [0.3, 0.4) is 0 Å². The van der Waals surface area contributed by atoms with Crippen molar-refractivity contribution in [3.05, 3.63) is 71.8 Å². The van der Waals surface area contributed by atoms with E-state index in [1.165, 1.54) is 21.1 Å². The summed E-state index contributed by atoms with van der Waals surface area (Å²) in [6.45, 7) is 9.30. The molecule has 0 unspecified atom stereocenters. The highest BCUT2D eigenvalue weighted by atomic mass is 32.2. The summed E-state index contributed by atoms with van der Waals surface area (Å²) in [4.78, 5) is 16.7. The quantitative estimate of drug-likeness (QED) is 0.260. The van der Waals surface area contributed by atoms with Crippen molar-refractivity contribution in [2.24, 2.45) is 0 Å². The number of aryl methyl sites for hydroxylation is 2. The van der Waals surface area contributed by atoms with Crippen molar-refractivity contribution in [1.29, 1.82) is 0 Å². The van der Waals surface area contributed by atoms with E-state index in [2.05, 4.69) is 21.9 Å². The van der Waals surface area contributed by atoms with Gasteiger partial charge in [-0.05, 0) is 52.0 Å². The Labute approximate surface area is 256 Å². The second kappa shape index (κ2) is 11.1. The van der Waals surface area contributed by atoms with Crippen LogP contribution in [0.4, 0.5) is 5.82 Å². The average Bonchev–Trinajstić information content (AvgIpc) is 3.53. The van der Waals surface area contributed by atoms with Gasteiger partial charge in [0, 0.05) is 53.5 Å². The fourth-order valence-corrected chi connectivity index (χ4v) is 7.54. The molecule has 1 fully saturated rings. The Kier molecular flexibility index (Phi) is 7.54. The topological polar surface area (TPSA) is 142 Å². The molecular weight excluding hydrogens is 603 g/mol. The number of sulfone groups is 1. The van der Waals surface area contributed by atoms with Crippen molar-refractivity contribution in [2.75, 3.05) is 30.9 Å². The smallest absolute Gasteiger partial charge is 0.269 e. The Balaban J connectivity index is 1.54. The van der Waals surface area contributed by atoms with Gasteiger partial charge in [0.15, 0.2) is 21.3 Å². The highest BCUT2D eigenvalue weighted by molar-refractivity contribution is 7.90. The van der Waals surface area contributed by atoms with Gasteiger partial charge in [0.2, 0.25) is 0 Å². The lowest BCUT2D eigenvalue weighted by Gasteiger charge is -2.34. The van der Waals surface area contributed by atoms with Gasteiger partial charge in [0.1, 0.15) is 11.7 Å². The van der Waals surface area contributed by atoms with Crippen molar-refractivity contribution in [2.45, 2.75) is 44.5 Å². The number of fused-ring (bicyclic) bond motifs is 1. The summed E-state index contributed by atoms with van der Waals surface area (Å²) in [5.74, 6) is 0.801. The Bertz CT molecular complexity index is 2100. The maximum atomic E-state index is 13.6. The van der Waals surface area contributed by atoms with Crippen LogP contribution in [0.5, 0.6) is 0 Å². The molecule has 12 nitrogen and oxygen atoms in total. The first kappa shape index (κ1) is 29.9. The lowest BCUT2D eigenvalue weighted by atomic mass is 10.1. The van der Waals surface area contributed by atoms with Crippen molar-refractivity contribution in [3.63, 3.8) is 0 Å². The third-order valence-corrected chi connectivity index (χ3v) is 10.1. The molecule has 1 aliphatic rings. The number of ether oxygens (including phenoxy) is 1. The molecule has 0 radical (unpaired) electrons. The fraction of sp³-hybridized carbons (Fsp3) is 0.333. The zero-order chi connectivity index (χ0) is 31.4. The third kappa shape index (κ3) is 5.48. The largest absolute Gasteiger partial charge is 0.377 e. The highest BCUT2D eigenvalue weighted by Gasteiger charge is 2.26. The van der Waals surface area contributed by atoms with Crippen LogP contribution in [0.25, 0.3) is 33.7 Å². The van der Waals surface area contributed by atoms with Gasteiger partial charge in [-0.15, -0.1) is 0 Å². The van der Waals surface area contributed by atoms with E-state index in [9.17, 15) is 16.8 Å². The maximum Gasteiger partial charge on any atom is 0.269 e. The number of aromatic nitrogens is 6. The van der Waals surface area contributed by atoms with E-state index in [4.69, 9.17) is 14.7 Å². The molecule has 6 rings (SSSR count). The summed E-state index contributed by atoms with van der Waals surface area (Å²) in [7, 11) is -7.25. The van der Waals surface area contributed by atoms with E-state index in [0.29, 0.717) is 65.0 Å². The molecule has 1 aliphatic heterocycles. The number of hydrogen-bond acceptors (Lipinski definition) is 10. The lowest BCUT2D eigenvalue weighted by molar-refractivity contribution is 0.0985. The zero-order valence-electron chi connectivity index (χ0n) is 25.1. The highest BCUT2D eigenvalue weighted by Crippen LogP contribution is 2.34. The first-order chi connectivity index (χ1) is 20.8. The maximum absolute atomic E-state index is 13.6. The van der Waals surface area contributed by atoms with Gasteiger partial charge in [-0.3, -0.25) is 4.68 Å². The molecular formula is C30H33N7O5S2. The van der Waals surface area contributed by atoms with E-state index in [1.807, 2.05) is 26.8 Å². The summed E-state index contributed by atoms with van der Waals surface area (Å²) in [5.41, 5.74) is 4.40. The molecule has 44 heavy (non-hydrogen) atoms. The van der Waals surface area contributed by atoms with Gasteiger partial charge in [-0.2, -0.15) is 5.10 Å². The molecule has 4 aromatic heterocycles. The summed E-state index contributed by atoms with van der Waals surface area (Å²) >= 11 is 0. The van der Waals surface area contributed by atoms with Crippen LogP contribution in [0.15, 0.2) is 59.8 Å². The normalized spacial score (nSPS) is 16.1. The van der Waals surface area contributed by atoms with Crippen LogP contribution in [0, 0.1) is 20.8 Å². The van der Waals surface area contributed by atoms with Crippen LogP contribution in [-0.4, -0.2) is 77.6 Å². The van der Waals surface area contributed by atoms with E-state index in [-0.39, 0.29) is 22.5 Å². The molecule has 0 spiro atoms. The van der Waals surface area contributed by atoms with Crippen LogP contribution in [0.2, 0.25) is 0 Å². The predicted octanol–water partition coefficient (Wildman–Crippen LogP) is 3.75. The van der Waals surface area contributed by atoms with E-state index < -0.39 is 19.9 Å². The first-order valence-corrected chi connectivity index (χ1v) is 17.6. The van der Waals surface area contributed by atoms with Crippen molar-refractivity contribution < 1.29 is 21.6 Å². The molecule has 230 valence electrons. The standard InChI is InChI=1S/C30H33N7O5S2/c1-19-6-8-23(9-7-19)44(40,41)37-13-11-25-24(10-12-31-30(25)37)29-32-26(16-27(33-29)35-14-15-42-17-20(35)2)28-21(3)34-36(22(28)4)18-43(5,38)39/h6-13,16,20H,14-15,17-18H2,1-5H3/t20-/m1/s1. The monoisotopic (exact) mass is 635 g/mol. The Morgan fingerprint density at radius 3 is 2.45 bits per heavy atom. The van der Waals surface area contributed by atoms with E-state index in [1.54, 1.807) is 42.6 Å². The minimum atomic E-state index is -3.91. The van der Waals surface area contributed by atoms with Crippen LogP contribution < -0.4 is 4.90 Å². The molecule has 14 heteroatoms. The number of benzene rings is 1. The molecule has 0 amide bonds. The number of morpholine rings is 1. The average molecular weight is 636 g/mol. The molecule has 5 aromatic rings. The number of nitrogens with zero attached hydrogens (tertiary/aromatic N) is 7. The molecule has 5 heterocycles. The zero-order valence-corrected chi connectivity index (χ0v) is 26.7. The number of pyridine rings is 1. The van der Waals surface area contributed by atoms with E-state index >= 15 is 0 Å². The van der Waals surface area contributed by atoms with E-state index in [0.717, 1.165) is 5.56 Å². The summed E-state index contributed by atoms with van der Waals surface area (Å²) in [6, 6.07) is 12.1. The first-order valence-electron chi connectivity index (χ1n) is 14.1. The fourth-order valence-electron chi connectivity index (χ4n) is 5.54. The molecule has 0 N–H and O–H groups in total. The number of rotatable bonds is 7. The molecule has 0 bridgehead atoms. The van der Waals surface area contributed by atoms with Crippen LogP contribution >= 0.6 is 0 Å². The predicted molar refractivity (Wildman–Crippen MR) is 168 cm³/mol. The summed E-state index contributed by atoms with van der Waals surface area (Å²) in [6.07, 6.45) is 4.21. The molecule has 1 atom stereocenters. The van der Waals surface area contributed by atoms with Gasteiger partial charge in [-0.25, -0.2) is 35.8 Å². The summed E-state index contributed by atoms with van der Waals surface area (Å²) in [5, 5.41) is 5.08. The van der Waals surface area contributed by atoms with Gasteiger partial charge in [-0.1, -0.05) is 17.7 Å². The second-order valence-corrected chi connectivity index (χ2v) is 15.1. The van der Waals surface area contributed by atoms with Gasteiger partial charge in [0.05, 0.1) is 35.5 Å². The van der Waals surface area contributed by atoms with Crippen LogP contribution in [0.1, 0.15) is 23.9 Å².